The zero-order valence-corrected chi connectivity index (χ0v) is 12.0. The molecule has 0 spiro atoms. The molecule has 2 atom stereocenters. The average Bonchev–Trinajstić information content (AvgIpc) is 2.94. The van der Waals surface area contributed by atoms with Gasteiger partial charge in [0.1, 0.15) is 0 Å². The van der Waals surface area contributed by atoms with Gasteiger partial charge in [0, 0.05) is 13.1 Å². The first-order valence-electron chi connectivity index (χ1n) is 7.23. The highest BCUT2D eigenvalue weighted by Crippen LogP contribution is 2.32. The van der Waals surface area contributed by atoms with Crippen LogP contribution < -0.4 is 10.6 Å². The Morgan fingerprint density at radius 1 is 1.18 bits per heavy atom. The Balaban J connectivity index is 1.65. The third-order valence-corrected chi connectivity index (χ3v) is 3.46. The van der Waals surface area contributed by atoms with E-state index in [9.17, 15) is 18.0 Å². The lowest BCUT2D eigenvalue weighted by atomic mass is 10.1. The summed E-state index contributed by atoms with van der Waals surface area (Å²) in [5.74, 6) is 0. The topological polar surface area (TPSA) is 50.4 Å². The number of carbonyl (C=O) groups is 1. The molecule has 7 heteroatoms. The smallest absolute Gasteiger partial charge is 0.368 e. The lowest BCUT2D eigenvalue weighted by molar-refractivity contribution is -0.132. The SMILES string of the molecule is O=C(NCCC(F)(F)F)NC[C@H]1CC[C@@H](c2ccccc2)O1. The number of hydrogen-bond donors (Lipinski definition) is 2. The molecule has 2 N–H and O–H groups in total. The van der Waals surface area contributed by atoms with Gasteiger partial charge in [0.25, 0.3) is 0 Å². The number of halogens is 3. The minimum Gasteiger partial charge on any atom is -0.368 e. The zero-order valence-electron chi connectivity index (χ0n) is 12.0. The normalized spacial score (nSPS) is 21.6. The highest BCUT2D eigenvalue weighted by atomic mass is 19.4. The van der Waals surface area contributed by atoms with Gasteiger partial charge in [-0.25, -0.2) is 4.79 Å². The van der Waals surface area contributed by atoms with Gasteiger partial charge in [0.15, 0.2) is 0 Å². The lowest BCUT2D eigenvalue weighted by Gasteiger charge is -2.15. The van der Waals surface area contributed by atoms with E-state index in [0.29, 0.717) is 6.54 Å². The first kappa shape index (κ1) is 16.6. The fourth-order valence-corrected chi connectivity index (χ4v) is 2.36. The molecule has 0 aliphatic carbocycles. The molecular weight excluding hydrogens is 297 g/mol. The van der Waals surface area contributed by atoms with E-state index in [1.54, 1.807) is 0 Å². The average molecular weight is 316 g/mol. The van der Waals surface area contributed by atoms with E-state index in [1.807, 2.05) is 30.3 Å². The van der Waals surface area contributed by atoms with Crippen molar-refractivity contribution in [1.29, 1.82) is 0 Å². The van der Waals surface area contributed by atoms with Crippen molar-refractivity contribution in [2.24, 2.45) is 0 Å². The maximum absolute atomic E-state index is 12.0. The highest BCUT2D eigenvalue weighted by molar-refractivity contribution is 5.73. The largest absolute Gasteiger partial charge is 0.390 e. The number of rotatable bonds is 5. The van der Waals surface area contributed by atoms with E-state index in [4.69, 9.17) is 4.74 Å². The van der Waals surface area contributed by atoms with Crippen molar-refractivity contribution in [2.75, 3.05) is 13.1 Å². The number of amides is 2. The number of alkyl halides is 3. The summed E-state index contributed by atoms with van der Waals surface area (Å²) in [5.41, 5.74) is 1.10. The van der Waals surface area contributed by atoms with Crippen LogP contribution in [0.15, 0.2) is 30.3 Å². The second-order valence-corrected chi connectivity index (χ2v) is 5.24. The molecule has 2 amide bonds. The zero-order chi connectivity index (χ0) is 16.0. The Morgan fingerprint density at radius 3 is 2.59 bits per heavy atom. The molecule has 122 valence electrons. The van der Waals surface area contributed by atoms with Crippen LogP contribution in [0.2, 0.25) is 0 Å². The second kappa shape index (κ2) is 7.49. The lowest BCUT2D eigenvalue weighted by Crippen LogP contribution is -2.40. The van der Waals surface area contributed by atoms with Crippen molar-refractivity contribution in [3.63, 3.8) is 0 Å². The van der Waals surface area contributed by atoms with Gasteiger partial charge in [0.05, 0.1) is 18.6 Å². The summed E-state index contributed by atoms with van der Waals surface area (Å²) in [6, 6.07) is 9.20. The van der Waals surface area contributed by atoms with E-state index in [0.717, 1.165) is 18.4 Å². The molecular formula is C15H19F3N2O2. The van der Waals surface area contributed by atoms with Crippen LogP contribution in [0.3, 0.4) is 0 Å². The molecule has 0 bridgehead atoms. The van der Waals surface area contributed by atoms with Gasteiger partial charge >= 0.3 is 12.2 Å². The predicted molar refractivity (Wildman–Crippen MR) is 75.4 cm³/mol. The number of nitrogens with one attached hydrogen (secondary N) is 2. The summed E-state index contributed by atoms with van der Waals surface area (Å²) in [4.78, 5) is 11.4. The van der Waals surface area contributed by atoms with Crippen molar-refractivity contribution in [1.82, 2.24) is 10.6 Å². The maximum atomic E-state index is 12.0. The second-order valence-electron chi connectivity index (χ2n) is 5.24. The summed E-state index contributed by atoms with van der Waals surface area (Å²) in [6.45, 7) is -0.130. The van der Waals surface area contributed by atoms with Crippen LogP contribution in [0.4, 0.5) is 18.0 Å². The molecule has 1 saturated heterocycles. The van der Waals surface area contributed by atoms with Crippen LogP contribution in [0.5, 0.6) is 0 Å². The van der Waals surface area contributed by atoms with Gasteiger partial charge < -0.3 is 15.4 Å². The molecule has 0 saturated carbocycles. The number of benzene rings is 1. The molecule has 0 aromatic heterocycles. The molecule has 1 heterocycles. The van der Waals surface area contributed by atoms with Crippen LogP contribution >= 0.6 is 0 Å². The molecule has 22 heavy (non-hydrogen) atoms. The summed E-state index contributed by atoms with van der Waals surface area (Å²) in [7, 11) is 0. The maximum Gasteiger partial charge on any atom is 0.390 e. The van der Waals surface area contributed by atoms with E-state index in [1.165, 1.54) is 0 Å². The molecule has 0 radical (unpaired) electrons. The summed E-state index contributed by atoms with van der Waals surface area (Å²) < 4.78 is 41.7. The van der Waals surface area contributed by atoms with Crippen LogP contribution in [0.25, 0.3) is 0 Å². The number of carbonyl (C=O) groups excluding carboxylic acids is 1. The van der Waals surface area contributed by atoms with E-state index >= 15 is 0 Å². The fourth-order valence-electron chi connectivity index (χ4n) is 2.36. The minimum absolute atomic E-state index is 0.0151. The third-order valence-electron chi connectivity index (χ3n) is 3.46. The van der Waals surface area contributed by atoms with Gasteiger partial charge in [0.2, 0.25) is 0 Å². The van der Waals surface area contributed by atoms with Gasteiger partial charge in [-0.3, -0.25) is 0 Å². The van der Waals surface area contributed by atoms with Crippen molar-refractivity contribution < 1.29 is 22.7 Å². The molecule has 1 aromatic carbocycles. The summed E-state index contributed by atoms with van der Waals surface area (Å²) in [6.07, 6.45) is -3.71. The van der Waals surface area contributed by atoms with Crippen LogP contribution in [-0.2, 0) is 4.74 Å². The molecule has 1 aromatic rings. The highest BCUT2D eigenvalue weighted by Gasteiger charge is 2.28. The first-order chi connectivity index (χ1) is 10.4. The van der Waals surface area contributed by atoms with E-state index in [-0.39, 0.29) is 12.2 Å². The van der Waals surface area contributed by atoms with Crippen molar-refractivity contribution in [3.05, 3.63) is 35.9 Å². The Labute approximate surface area is 127 Å². The standard InChI is InChI=1S/C15H19F3N2O2/c16-15(17,18)8-9-19-14(21)20-10-12-6-7-13(22-12)11-4-2-1-3-5-11/h1-5,12-13H,6-10H2,(H2,19,20,21)/t12-,13+/m1/s1. The van der Waals surface area contributed by atoms with Crippen LogP contribution in [0, 0.1) is 0 Å². The predicted octanol–water partition coefficient (Wildman–Crippen LogP) is 3.16. The summed E-state index contributed by atoms with van der Waals surface area (Å²) in [5, 5.41) is 4.72. The van der Waals surface area contributed by atoms with Crippen LogP contribution in [-0.4, -0.2) is 31.4 Å². The Morgan fingerprint density at radius 2 is 1.91 bits per heavy atom. The Hall–Kier alpha value is -1.76. The van der Waals surface area contributed by atoms with E-state index in [2.05, 4.69) is 10.6 Å². The first-order valence-corrected chi connectivity index (χ1v) is 7.23. The molecule has 2 rings (SSSR count). The van der Waals surface area contributed by atoms with Crippen molar-refractivity contribution >= 4 is 6.03 Å². The van der Waals surface area contributed by atoms with Crippen LogP contribution in [0.1, 0.15) is 30.9 Å². The van der Waals surface area contributed by atoms with Crippen molar-refractivity contribution in [3.8, 4) is 0 Å². The number of ether oxygens (including phenoxy) is 1. The molecule has 1 aliphatic heterocycles. The number of urea groups is 1. The molecule has 1 aliphatic rings. The molecule has 1 fully saturated rings. The molecule has 0 unspecified atom stereocenters. The Kier molecular flexibility index (Phi) is 5.65. The Bertz CT molecular complexity index is 479. The fraction of sp³-hybridized carbons (Fsp3) is 0.533. The molecule has 4 nitrogen and oxygen atoms in total. The van der Waals surface area contributed by atoms with Gasteiger partial charge in [-0.15, -0.1) is 0 Å². The van der Waals surface area contributed by atoms with Crippen molar-refractivity contribution in [2.45, 2.75) is 37.6 Å². The number of hydrogen-bond acceptors (Lipinski definition) is 2. The quantitative estimate of drug-likeness (QED) is 0.877. The monoisotopic (exact) mass is 316 g/mol. The van der Waals surface area contributed by atoms with Gasteiger partial charge in [-0.2, -0.15) is 13.2 Å². The summed E-state index contributed by atoms with van der Waals surface area (Å²) >= 11 is 0. The van der Waals surface area contributed by atoms with E-state index < -0.39 is 25.2 Å². The third kappa shape index (κ3) is 5.55. The minimum atomic E-state index is -4.26. The van der Waals surface area contributed by atoms with Gasteiger partial charge in [-0.05, 0) is 18.4 Å². The van der Waals surface area contributed by atoms with Gasteiger partial charge in [-0.1, -0.05) is 30.3 Å².